The monoisotopic (exact) mass is 1310 g/mol. The summed E-state index contributed by atoms with van der Waals surface area (Å²) in [6.45, 7) is 68.1. The van der Waals surface area contributed by atoms with E-state index in [0.717, 1.165) is 88.0 Å². The molecule has 13 heteroatoms. The van der Waals surface area contributed by atoms with Gasteiger partial charge in [-0.25, -0.2) is 0 Å². The van der Waals surface area contributed by atoms with Gasteiger partial charge < -0.3 is 67.4 Å². The second kappa shape index (κ2) is 49.1. The Labute approximate surface area is 575 Å². The minimum Gasteiger partial charge on any atom is -0.381 e. The highest BCUT2D eigenvalue weighted by Gasteiger charge is 2.35. The molecule has 92 heavy (non-hydrogen) atoms. The van der Waals surface area contributed by atoms with Crippen LogP contribution in [0, 0.1) is 34.5 Å². The Balaban J connectivity index is 0.000000512. The van der Waals surface area contributed by atoms with Crippen LogP contribution >= 0.6 is 0 Å². The van der Waals surface area contributed by atoms with Crippen molar-refractivity contribution >= 4 is 0 Å². The zero-order valence-electron chi connectivity index (χ0n) is 66.5. The van der Waals surface area contributed by atoms with Gasteiger partial charge in [-0.3, -0.25) is 0 Å². The molecular formula is C79H168N10O3. The van der Waals surface area contributed by atoms with Crippen LogP contribution in [0.2, 0.25) is 0 Å². The van der Waals surface area contributed by atoms with Crippen molar-refractivity contribution in [3.8, 4) is 0 Å². The Morgan fingerprint density at radius 3 is 0.935 bits per heavy atom. The molecule has 7 aliphatic carbocycles. The molecule has 3 saturated heterocycles. The number of hydrogen-bond donors (Lipinski definition) is 10. The summed E-state index contributed by atoms with van der Waals surface area (Å²) in [5, 5.41) is 34.7. The van der Waals surface area contributed by atoms with Crippen molar-refractivity contribution < 1.29 is 14.2 Å². The summed E-state index contributed by atoms with van der Waals surface area (Å²) < 4.78 is 15.1. The molecule has 10 fully saturated rings. The number of hydrogen-bond acceptors (Lipinski definition) is 13. The largest absolute Gasteiger partial charge is 0.381 e. The fourth-order valence-corrected chi connectivity index (χ4v) is 12.4. The van der Waals surface area contributed by atoms with Gasteiger partial charge in [-0.2, -0.15) is 0 Å². The summed E-state index contributed by atoms with van der Waals surface area (Å²) in [5.74, 6) is 3.69. The first-order valence-electron chi connectivity index (χ1n) is 39.3. The van der Waals surface area contributed by atoms with E-state index < -0.39 is 0 Å². The Bertz CT molecular complexity index is 1590. The average molecular weight is 1310 g/mol. The summed E-state index contributed by atoms with van der Waals surface area (Å²) in [6.07, 6.45) is 30.1. The topological polar surface area (TPSA) is 148 Å². The van der Waals surface area contributed by atoms with Crippen LogP contribution in [0.4, 0.5) is 0 Å². The van der Waals surface area contributed by atoms with Gasteiger partial charge in [0.05, 0.1) is 51.2 Å². The lowest BCUT2D eigenvalue weighted by Crippen LogP contribution is -2.60. The predicted molar refractivity (Wildman–Crippen MR) is 405 cm³/mol. The first-order chi connectivity index (χ1) is 43.0. The van der Waals surface area contributed by atoms with Crippen molar-refractivity contribution in [2.45, 2.75) is 411 Å². The fourth-order valence-electron chi connectivity index (χ4n) is 12.4. The molecule has 7 saturated carbocycles. The van der Waals surface area contributed by atoms with Crippen molar-refractivity contribution in [2.24, 2.45) is 34.5 Å². The number of ether oxygens (including phenoxy) is 3. The summed E-state index contributed by atoms with van der Waals surface area (Å²) in [5.41, 5.74) is 1.93. The molecule has 1 unspecified atom stereocenters. The average Bonchev–Trinajstić information content (AvgIpc) is 0.883. The van der Waals surface area contributed by atoms with Gasteiger partial charge in [0.15, 0.2) is 0 Å². The molecule has 0 amide bonds. The summed E-state index contributed by atoms with van der Waals surface area (Å²) in [4.78, 5) is 0. The van der Waals surface area contributed by atoms with Crippen LogP contribution < -0.4 is 53.2 Å². The van der Waals surface area contributed by atoms with Crippen LogP contribution in [0.15, 0.2) is 0 Å². The van der Waals surface area contributed by atoms with Crippen LogP contribution in [0.3, 0.4) is 0 Å². The lowest BCUT2D eigenvalue weighted by atomic mass is 9.70. The molecule has 3 aliphatic heterocycles. The van der Waals surface area contributed by atoms with Gasteiger partial charge in [-0.1, -0.05) is 197 Å². The molecule has 0 spiro atoms. The smallest absolute Gasteiger partial charge is 0.0669 e. The van der Waals surface area contributed by atoms with E-state index in [4.69, 9.17) is 14.2 Å². The summed E-state index contributed by atoms with van der Waals surface area (Å²) in [6, 6.07) is 9.48. The van der Waals surface area contributed by atoms with Crippen LogP contribution in [0.25, 0.3) is 0 Å². The molecule has 0 aromatic rings. The first kappa shape index (κ1) is 89.5. The molecule has 552 valence electrons. The van der Waals surface area contributed by atoms with Crippen molar-refractivity contribution in [1.82, 2.24) is 53.2 Å². The van der Waals surface area contributed by atoms with Gasteiger partial charge in [0, 0.05) is 110 Å². The zero-order valence-corrected chi connectivity index (χ0v) is 66.5. The molecule has 0 aromatic heterocycles. The van der Waals surface area contributed by atoms with Gasteiger partial charge >= 0.3 is 0 Å². The molecule has 1 atom stereocenters. The van der Waals surface area contributed by atoms with E-state index in [0.29, 0.717) is 82.8 Å². The minimum atomic E-state index is 0.272. The van der Waals surface area contributed by atoms with Crippen molar-refractivity contribution in [1.29, 1.82) is 0 Å². The van der Waals surface area contributed by atoms with Crippen LogP contribution in [-0.4, -0.2) is 161 Å². The van der Waals surface area contributed by atoms with Gasteiger partial charge in [0.1, 0.15) is 0 Å². The standard InChI is InChI=1S/C10H21N.3C9H19N.C8H17N.2C7H15NO.2C7H15N.C6H13NO/c1-8(2)11-10(3,4)9-6-5-7-9;2*1-8(2)10-7-9(3)5-4-6-9;1-7(2)10-8(3)9-5-4-6-9;1-7(2)9-6-8-4-3-5-8;1-6(2)8-7(3)4-9-5-7;1-6(2)8-3-7-4-9-5-7;2*1-6(2)8-7-4-3-5-7;1-5(2)7-6-3-8-4-6/h8-9,11H,5-7H2,1-4H3;2*8,10H,4-7H2,1-3H3;7-10H,4-6H2,1-3H3;7-9H,3-6H2,1-2H3;6,8H,4-5H2,1-3H3;6-8H,3-5H2,1-2H3;2*6-8H,3-5H2,1-2H3;5-7H,3-4H2,1-2H3. The SMILES string of the molecule is CC(C)NC(C)(C)C1CCC1.CC(C)NC(C)C1CCC1.CC(C)NC1(C)COC1.CC(C)NC1CCC1.CC(C)NC1CCC1.CC(C)NC1COC1.CC(C)NCC1(C)CCC1.CC(C)NCC1(C)CCC1.CC(C)NCC1CCC1.CC(C)NCC1COC1. The zero-order chi connectivity index (χ0) is 69.5. The van der Waals surface area contributed by atoms with Gasteiger partial charge in [-0.15, -0.1) is 0 Å². The molecule has 13 nitrogen and oxygen atoms in total. The van der Waals surface area contributed by atoms with E-state index in [1.807, 2.05) is 0 Å². The van der Waals surface area contributed by atoms with Crippen molar-refractivity contribution in [3.63, 3.8) is 0 Å². The summed E-state index contributed by atoms with van der Waals surface area (Å²) >= 11 is 0. The lowest BCUT2D eigenvalue weighted by molar-refractivity contribution is -0.0676. The Kier molecular flexibility index (Phi) is 47.8. The van der Waals surface area contributed by atoms with Gasteiger partial charge in [-0.05, 0) is 153 Å². The molecule has 10 rings (SSSR count). The molecule has 3 heterocycles. The second-order valence-corrected chi connectivity index (χ2v) is 35.0. The Morgan fingerprint density at radius 1 is 0.370 bits per heavy atom. The highest BCUT2D eigenvalue weighted by atomic mass is 16.5. The predicted octanol–water partition coefficient (Wildman–Crippen LogP) is 15.7. The molecule has 0 radical (unpaired) electrons. The minimum absolute atomic E-state index is 0.272. The van der Waals surface area contributed by atoms with E-state index in [1.54, 1.807) is 0 Å². The quantitative estimate of drug-likeness (QED) is 0.0401. The van der Waals surface area contributed by atoms with Crippen LogP contribution in [0.5, 0.6) is 0 Å². The third-order valence-corrected chi connectivity index (χ3v) is 19.8. The van der Waals surface area contributed by atoms with E-state index in [-0.39, 0.29) is 5.54 Å². The Hall–Kier alpha value is -0.520. The van der Waals surface area contributed by atoms with E-state index in [2.05, 4.69) is 233 Å². The van der Waals surface area contributed by atoms with Crippen LogP contribution in [0.1, 0.15) is 315 Å². The molecule has 10 aliphatic rings. The van der Waals surface area contributed by atoms with Gasteiger partial charge in [0.2, 0.25) is 0 Å². The van der Waals surface area contributed by atoms with Crippen molar-refractivity contribution in [2.75, 3.05) is 65.8 Å². The maximum atomic E-state index is 5.08. The van der Waals surface area contributed by atoms with E-state index in [1.165, 1.54) is 154 Å². The van der Waals surface area contributed by atoms with Gasteiger partial charge in [0.25, 0.3) is 0 Å². The normalized spacial score (nSPS) is 21.8. The van der Waals surface area contributed by atoms with E-state index in [9.17, 15) is 0 Å². The molecular weight excluding hydrogens is 1140 g/mol. The number of rotatable bonds is 26. The third kappa shape index (κ3) is 45.9. The number of nitrogens with one attached hydrogen (secondary N) is 10. The van der Waals surface area contributed by atoms with Crippen molar-refractivity contribution in [3.05, 3.63) is 0 Å². The third-order valence-electron chi connectivity index (χ3n) is 19.8. The van der Waals surface area contributed by atoms with E-state index >= 15 is 0 Å². The fraction of sp³-hybridized carbons (Fsp3) is 1.00. The lowest BCUT2D eigenvalue weighted by Gasteiger charge is -2.42. The molecule has 10 N–H and O–H groups in total. The second-order valence-electron chi connectivity index (χ2n) is 35.0. The maximum absolute atomic E-state index is 5.08. The summed E-state index contributed by atoms with van der Waals surface area (Å²) in [7, 11) is 0. The maximum Gasteiger partial charge on any atom is 0.0669 e. The Morgan fingerprint density at radius 2 is 0.750 bits per heavy atom. The first-order valence-corrected chi connectivity index (χ1v) is 39.3. The molecule has 0 bridgehead atoms. The highest BCUT2D eigenvalue weighted by Crippen LogP contribution is 2.40. The molecule has 0 aromatic carbocycles. The highest BCUT2D eigenvalue weighted by molar-refractivity contribution is 4.93. The van der Waals surface area contributed by atoms with Crippen LogP contribution in [-0.2, 0) is 14.2 Å².